The van der Waals surface area contributed by atoms with E-state index in [1.54, 1.807) is 0 Å². The van der Waals surface area contributed by atoms with E-state index in [0.717, 1.165) is 25.9 Å². The minimum absolute atomic E-state index is 0.0628. The zero-order chi connectivity index (χ0) is 15.4. The van der Waals surface area contributed by atoms with Crippen LogP contribution < -0.4 is 5.32 Å². The van der Waals surface area contributed by atoms with Crippen LogP contribution in [0, 0.1) is 18.8 Å². The van der Waals surface area contributed by atoms with Crippen LogP contribution >= 0.6 is 0 Å². The molecule has 1 aliphatic heterocycles. The van der Waals surface area contributed by atoms with Gasteiger partial charge < -0.3 is 10.2 Å². The van der Waals surface area contributed by atoms with Crippen LogP contribution in [-0.4, -0.2) is 37.0 Å². The monoisotopic (exact) mass is 288 g/mol. The van der Waals surface area contributed by atoms with Gasteiger partial charge in [0.05, 0.1) is 0 Å². The Balaban J connectivity index is 1.94. The second-order valence-electron chi connectivity index (χ2n) is 6.87. The molecule has 1 aromatic rings. The average molecular weight is 288 g/mol. The highest BCUT2D eigenvalue weighted by atomic mass is 16.1. The first-order valence-corrected chi connectivity index (χ1v) is 7.98. The predicted molar refractivity (Wildman–Crippen MR) is 87.3 cm³/mol. The summed E-state index contributed by atoms with van der Waals surface area (Å²) < 4.78 is 0. The summed E-state index contributed by atoms with van der Waals surface area (Å²) in [6.45, 7) is 8.09. The van der Waals surface area contributed by atoms with Crippen molar-refractivity contribution in [2.75, 3.05) is 20.1 Å². The summed E-state index contributed by atoms with van der Waals surface area (Å²) in [6.07, 6.45) is 2.18. The summed E-state index contributed by atoms with van der Waals surface area (Å²) in [5, 5.41) is 3.19. The molecule has 0 radical (unpaired) electrons. The summed E-state index contributed by atoms with van der Waals surface area (Å²) >= 11 is 0. The Morgan fingerprint density at radius 3 is 2.57 bits per heavy atom. The standard InChI is InChI=1S/C18H28N2O/c1-13(2)18(21)19-17-10-16(11-20(4)12-17)9-15-7-5-14(3)6-8-15/h5-8,13,16-17H,9-12H2,1-4H3,(H,19,21). The number of hydrogen-bond acceptors (Lipinski definition) is 2. The number of rotatable bonds is 4. The van der Waals surface area contributed by atoms with E-state index < -0.39 is 0 Å². The number of piperidine rings is 1. The van der Waals surface area contributed by atoms with Gasteiger partial charge in [-0.15, -0.1) is 0 Å². The molecular formula is C18H28N2O. The van der Waals surface area contributed by atoms with Crippen LogP contribution in [0.5, 0.6) is 0 Å². The minimum atomic E-state index is 0.0628. The highest BCUT2D eigenvalue weighted by Crippen LogP contribution is 2.21. The van der Waals surface area contributed by atoms with Crippen molar-refractivity contribution in [2.45, 2.75) is 39.7 Å². The second-order valence-corrected chi connectivity index (χ2v) is 6.87. The third kappa shape index (κ3) is 4.85. The average Bonchev–Trinajstić information content (AvgIpc) is 2.40. The van der Waals surface area contributed by atoms with Crippen molar-refractivity contribution in [3.8, 4) is 0 Å². The summed E-state index contributed by atoms with van der Waals surface area (Å²) in [7, 11) is 2.15. The number of nitrogens with zero attached hydrogens (tertiary/aromatic N) is 1. The molecule has 3 heteroatoms. The van der Waals surface area contributed by atoms with Crippen LogP contribution in [0.15, 0.2) is 24.3 Å². The Kier molecular flexibility index (Phi) is 5.40. The first kappa shape index (κ1) is 16.0. The van der Waals surface area contributed by atoms with E-state index in [1.165, 1.54) is 11.1 Å². The van der Waals surface area contributed by atoms with Crippen LogP contribution in [0.3, 0.4) is 0 Å². The van der Waals surface area contributed by atoms with E-state index in [4.69, 9.17) is 0 Å². The molecule has 1 saturated heterocycles. The molecule has 116 valence electrons. The van der Waals surface area contributed by atoms with Gasteiger partial charge in [-0.05, 0) is 38.3 Å². The lowest BCUT2D eigenvalue weighted by molar-refractivity contribution is -0.125. The molecule has 0 saturated carbocycles. The third-order valence-electron chi connectivity index (χ3n) is 4.24. The Morgan fingerprint density at radius 2 is 1.95 bits per heavy atom. The number of benzene rings is 1. The Bertz CT molecular complexity index is 467. The zero-order valence-corrected chi connectivity index (χ0v) is 13.7. The number of nitrogens with one attached hydrogen (secondary N) is 1. The molecular weight excluding hydrogens is 260 g/mol. The van der Waals surface area contributed by atoms with E-state index >= 15 is 0 Å². The van der Waals surface area contributed by atoms with Gasteiger partial charge in [-0.25, -0.2) is 0 Å². The summed E-state index contributed by atoms with van der Waals surface area (Å²) in [6, 6.07) is 9.10. The van der Waals surface area contributed by atoms with Crippen LogP contribution in [0.2, 0.25) is 0 Å². The molecule has 1 heterocycles. The summed E-state index contributed by atoms with van der Waals surface area (Å²) in [5.41, 5.74) is 2.71. The Labute approximate surface area is 128 Å². The molecule has 1 N–H and O–H groups in total. The SMILES string of the molecule is Cc1ccc(CC2CC(NC(=O)C(C)C)CN(C)C2)cc1. The molecule has 0 spiro atoms. The number of amides is 1. The van der Waals surface area contributed by atoms with E-state index in [0.29, 0.717) is 5.92 Å². The van der Waals surface area contributed by atoms with Gasteiger partial charge in [0.15, 0.2) is 0 Å². The molecule has 0 bridgehead atoms. The number of aryl methyl sites for hydroxylation is 1. The van der Waals surface area contributed by atoms with Crippen molar-refractivity contribution >= 4 is 5.91 Å². The van der Waals surface area contributed by atoms with Gasteiger partial charge in [-0.2, -0.15) is 0 Å². The van der Waals surface area contributed by atoms with Crippen molar-refractivity contribution in [1.82, 2.24) is 10.2 Å². The lowest BCUT2D eigenvalue weighted by atomic mass is 9.88. The highest BCUT2D eigenvalue weighted by molar-refractivity contribution is 5.78. The summed E-state index contributed by atoms with van der Waals surface area (Å²) in [4.78, 5) is 14.2. The normalized spacial score (nSPS) is 23.3. The quantitative estimate of drug-likeness (QED) is 0.924. The topological polar surface area (TPSA) is 32.3 Å². The molecule has 1 fully saturated rings. The van der Waals surface area contributed by atoms with Crippen LogP contribution in [0.4, 0.5) is 0 Å². The molecule has 2 atom stereocenters. The van der Waals surface area contributed by atoms with Crippen LogP contribution in [0.25, 0.3) is 0 Å². The van der Waals surface area contributed by atoms with E-state index in [1.807, 2.05) is 13.8 Å². The van der Waals surface area contributed by atoms with Gasteiger partial charge in [0.1, 0.15) is 0 Å². The first-order chi connectivity index (χ1) is 9.94. The number of likely N-dealkylation sites (N-methyl/N-ethyl adjacent to an activating group) is 1. The lowest BCUT2D eigenvalue weighted by Crippen LogP contribution is -2.50. The van der Waals surface area contributed by atoms with Crippen molar-refractivity contribution in [3.05, 3.63) is 35.4 Å². The van der Waals surface area contributed by atoms with Crippen LogP contribution in [-0.2, 0) is 11.2 Å². The number of carbonyl (C=O) groups excluding carboxylic acids is 1. The Hall–Kier alpha value is -1.35. The molecule has 2 unspecified atom stereocenters. The zero-order valence-electron chi connectivity index (χ0n) is 13.7. The molecule has 2 rings (SSSR count). The van der Waals surface area contributed by atoms with Gasteiger partial charge in [0.25, 0.3) is 0 Å². The molecule has 1 amide bonds. The van der Waals surface area contributed by atoms with Gasteiger partial charge in [-0.1, -0.05) is 43.7 Å². The number of hydrogen-bond donors (Lipinski definition) is 1. The smallest absolute Gasteiger partial charge is 0.222 e. The fraction of sp³-hybridized carbons (Fsp3) is 0.611. The first-order valence-electron chi connectivity index (χ1n) is 7.98. The van der Waals surface area contributed by atoms with Crippen molar-refractivity contribution < 1.29 is 4.79 Å². The van der Waals surface area contributed by atoms with E-state index in [-0.39, 0.29) is 17.9 Å². The molecule has 0 aromatic heterocycles. The Morgan fingerprint density at radius 1 is 1.29 bits per heavy atom. The lowest BCUT2D eigenvalue weighted by Gasteiger charge is -2.36. The number of carbonyl (C=O) groups is 1. The van der Waals surface area contributed by atoms with Gasteiger partial charge in [-0.3, -0.25) is 4.79 Å². The maximum atomic E-state index is 11.9. The van der Waals surface area contributed by atoms with Crippen molar-refractivity contribution in [1.29, 1.82) is 0 Å². The van der Waals surface area contributed by atoms with Crippen LogP contribution in [0.1, 0.15) is 31.4 Å². The third-order valence-corrected chi connectivity index (χ3v) is 4.24. The maximum Gasteiger partial charge on any atom is 0.222 e. The molecule has 0 aliphatic carbocycles. The molecule has 1 aromatic carbocycles. The second kappa shape index (κ2) is 7.08. The molecule has 3 nitrogen and oxygen atoms in total. The largest absolute Gasteiger partial charge is 0.352 e. The van der Waals surface area contributed by atoms with Gasteiger partial charge in [0.2, 0.25) is 5.91 Å². The minimum Gasteiger partial charge on any atom is -0.352 e. The van der Waals surface area contributed by atoms with Gasteiger partial charge in [0, 0.05) is 25.0 Å². The fourth-order valence-corrected chi connectivity index (χ4v) is 3.12. The van der Waals surface area contributed by atoms with Gasteiger partial charge >= 0.3 is 0 Å². The van der Waals surface area contributed by atoms with E-state index in [2.05, 4.69) is 48.5 Å². The van der Waals surface area contributed by atoms with Crippen molar-refractivity contribution in [3.63, 3.8) is 0 Å². The highest BCUT2D eigenvalue weighted by Gasteiger charge is 2.26. The number of likely N-dealkylation sites (tertiary alicyclic amines) is 1. The maximum absolute atomic E-state index is 11.9. The van der Waals surface area contributed by atoms with Crippen molar-refractivity contribution in [2.24, 2.45) is 11.8 Å². The summed E-state index contributed by atoms with van der Waals surface area (Å²) in [5.74, 6) is 0.848. The fourth-order valence-electron chi connectivity index (χ4n) is 3.12. The predicted octanol–water partition coefficient (Wildman–Crippen LogP) is 2.63. The molecule has 1 aliphatic rings. The molecule has 21 heavy (non-hydrogen) atoms. The van der Waals surface area contributed by atoms with E-state index in [9.17, 15) is 4.79 Å².